The molecule has 0 aliphatic carbocycles. The summed E-state index contributed by atoms with van der Waals surface area (Å²) < 4.78 is 12.9. The largest absolute Gasteiger partial charge is 0.399 e. The van der Waals surface area contributed by atoms with Gasteiger partial charge in [-0.25, -0.2) is 4.39 Å². The number of hydrogen-bond donors (Lipinski definition) is 3. The van der Waals surface area contributed by atoms with Crippen LogP contribution < -0.4 is 11.1 Å². The number of hydrogen-bond acceptors (Lipinski definition) is 3. The molecule has 0 saturated heterocycles. The molecular formula is C10H13FN2O2. The number of anilines is 1. The maximum Gasteiger partial charge on any atom is 0.251 e. The summed E-state index contributed by atoms with van der Waals surface area (Å²) in [7, 11) is 0. The zero-order valence-electron chi connectivity index (χ0n) is 8.33. The lowest BCUT2D eigenvalue weighted by Gasteiger charge is -2.07. The van der Waals surface area contributed by atoms with Crippen molar-refractivity contribution in [3.05, 3.63) is 29.6 Å². The van der Waals surface area contributed by atoms with E-state index in [1.165, 1.54) is 6.07 Å². The molecule has 0 unspecified atom stereocenters. The van der Waals surface area contributed by atoms with E-state index >= 15 is 0 Å². The molecule has 1 aromatic rings. The van der Waals surface area contributed by atoms with Crippen molar-refractivity contribution < 1.29 is 14.3 Å². The minimum Gasteiger partial charge on any atom is -0.399 e. The first kappa shape index (κ1) is 11.5. The molecule has 0 fully saturated rings. The number of aliphatic hydroxyl groups is 1. The fraction of sp³-hybridized carbons (Fsp3) is 0.300. The van der Waals surface area contributed by atoms with Crippen LogP contribution in [-0.2, 0) is 0 Å². The van der Waals surface area contributed by atoms with Crippen LogP contribution in [0.4, 0.5) is 10.1 Å². The molecule has 0 aliphatic rings. The molecule has 1 rings (SSSR count). The average Bonchev–Trinajstić information content (AvgIpc) is 2.12. The number of rotatable bonds is 3. The maximum absolute atomic E-state index is 12.9. The number of benzene rings is 1. The van der Waals surface area contributed by atoms with Gasteiger partial charge >= 0.3 is 0 Å². The Bertz CT molecular complexity index is 346. The van der Waals surface area contributed by atoms with Crippen molar-refractivity contribution in [1.82, 2.24) is 5.32 Å². The minimum absolute atomic E-state index is 0.120. The van der Waals surface area contributed by atoms with Crippen LogP contribution in [0.1, 0.15) is 17.3 Å². The van der Waals surface area contributed by atoms with Crippen molar-refractivity contribution in [3.8, 4) is 0 Å². The van der Waals surface area contributed by atoms with Crippen LogP contribution in [0.25, 0.3) is 0 Å². The number of carbonyl (C=O) groups is 1. The third-order valence-corrected chi connectivity index (χ3v) is 1.74. The van der Waals surface area contributed by atoms with Crippen molar-refractivity contribution in [2.45, 2.75) is 13.0 Å². The van der Waals surface area contributed by atoms with Crippen molar-refractivity contribution in [2.24, 2.45) is 0 Å². The molecular weight excluding hydrogens is 199 g/mol. The predicted molar refractivity (Wildman–Crippen MR) is 54.8 cm³/mol. The third-order valence-electron chi connectivity index (χ3n) is 1.74. The monoisotopic (exact) mass is 212 g/mol. The van der Waals surface area contributed by atoms with Gasteiger partial charge in [0.1, 0.15) is 5.82 Å². The summed E-state index contributed by atoms with van der Waals surface area (Å²) in [5.74, 6) is -1.01. The fourth-order valence-corrected chi connectivity index (χ4v) is 1.09. The molecule has 0 aliphatic heterocycles. The smallest absolute Gasteiger partial charge is 0.251 e. The molecule has 4 N–H and O–H groups in total. The van der Waals surface area contributed by atoms with E-state index in [-0.39, 0.29) is 17.8 Å². The Morgan fingerprint density at radius 2 is 2.27 bits per heavy atom. The molecule has 0 bridgehead atoms. The van der Waals surface area contributed by atoms with Gasteiger partial charge in [-0.2, -0.15) is 0 Å². The van der Waals surface area contributed by atoms with Crippen LogP contribution in [0.5, 0.6) is 0 Å². The summed E-state index contributed by atoms with van der Waals surface area (Å²) in [6.07, 6.45) is -0.639. The third kappa shape index (κ3) is 3.55. The molecule has 1 amide bonds. The highest BCUT2D eigenvalue weighted by Gasteiger charge is 2.08. The Kier molecular flexibility index (Phi) is 3.62. The van der Waals surface area contributed by atoms with Gasteiger partial charge in [0.2, 0.25) is 0 Å². The van der Waals surface area contributed by atoms with Gasteiger partial charge < -0.3 is 16.2 Å². The topological polar surface area (TPSA) is 75.3 Å². The predicted octanol–water partition coefficient (Wildman–Crippen LogP) is 0.519. The van der Waals surface area contributed by atoms with Gasteiger partial charge in [-0.3, -0.25) is 4.79 Å². The van der Waals surface area contributed by atoms with Crippen LogP contribution in [0.2, 0.25) is 0 Å². The zero-order chi connectivity index (χ0) is 11.4. The van der Waals surface area contributed by atoms with Gasteiger partial charge in [0, 0.05) is 17.8 Å². The van der Waals surface area contributed by atoms with Gasteiger partial charge in [-0.15, -0.1) is 0 Å². The molecule has 0 saturated carbocycles. The second-order valence-electron chi connectivity index (χ2n) is 3.33. The zero-order valence-corrected chi connectivity index (χ0v) is 8.33. The van der Waals surface area contributed by atoms with Crippen LogP contribution in [-0.4, -0.2) is 23.7 Å². The van der Waals surface area contributed by atoms with E-state index in [9.17, 15) is 9.18 Å². The Labute approximate surface area is 86.9 Å². The molecule has 0 spiro atoms. The Balaban J connectivity index is 2.73. The molecule has 4 nitrogen and oxygen atoms in total. The van der Waals surface area contributed by atoms with Crippen molar-refractivity contribution in [1.29, 1.82) is 0 Å². The van der Waals surface area contributed by atoms with Gasteiger partial charge in [-0.1, -0.05) is 0 Å². The van der Waals surface area contributed by atoms with Crippen molar-refractivity contribution >= 4 is 11.6 Å². The van der Waals surface area contributed by atoms with Crippen molar-refractivity contribution in [3.63, 3.8) is 0 Å². The number of amides is 1. The second kappa shape index (κ2) is 4.75. The summed E-state index contributed by atoms with van der Waals surface area (Å²) in [6, 6.07) is 3.60. The molecule has 0 heterocycles. The minimum atomic E-state index is -0.639. The van der Waals surface area contributed by atoms with Gasteiger partial charge in [-0.05, 0) is 25.1 Å². The van der Waals surface area contributed by atoms with E-state index in [1.807, 2.05) is 0 Å². The molecule has 15 heavy (non-hydrogen) atoms. The lowest BCUT2D eigenvalue weighted by molar-refractivity contribution is 0.0923. The number of aliphatic hydroxyl groups excluding tert-OH is 1. The molecule has 82 valence electrons. The van der Waals surface area contributed by atoms with E-state index < -0.39 is 17.8 Å². The highest BCUT2D eigenvalue weighted by molar-refractivity contribution is 5.95. The second-order valence-corrected chi connectivity index (χ2v) is 3.33. The number of nitrogen functional groups attached to an aromatic ring is 1. The molecule has 1 atom stereocenters. The lowest BCUT2D eigenvalue weighted by Crippen LogP contribution is -2.30. The number of nitrogens with two attached hydrogens (primary N) is 1. The lowest BCUT2D eigenvalue weighted by atomic mass is 10.2. The normalized spacial score (nSPS) is 12.2. The molecule has 5 heteroatoms. The SMILES string of the molecule is C[C@@H](O)CNC(=O)c1cc(N)cc(F)c1. The number of carbonyl (C=O) groups excluding carboxylic acids is 1. The standard InChI is InChI=1S/C10H13FN2O2/c1-6(14)5-13-10(15)7-2-8(11)4-9(12)3-7/h2-4,6,14H,5,12H2,1H3,(H,13,15)/t6-/m1/s1. The number of halogens is 1. The molecule has 0 radical (unpaired) electrons. The Hall–Kier alpha value is -1.62. The maximum atomic E-state index is 12.9. The van der Waals surface area contributed by atoms with Crippen LogP contribution in [0.3, 0.4) is 0 Å². The van der Waals surface area contributed by atoms with Gasteiger partial charge in [0.05, 0.1) is 6.10 Å². The quantitative estimate of drug-likeness (QED) is 0.639. The van der Waals surface area contributed by atoms with E-state index in [0.29, 0.717) is 0 Å². The summed E-state index contributed by atoms with van der Waals surface area (Å²) in [5.41, 5.74) is 5.72. The number of nitrogens with one attached hydrogen (secondary N) is 1. The van der Waals surface area contributed by atoms with E-state index in [2.05, 4.69) is 5.32 Å². The van der Waals surface area contributed by atoms with E-state index in [1.54, 1.807) is 6.92 Å². The fourth-order valence-electron chi connectivity index (χ4n) is 1.09. The molecule has 1 aromatic carbocycles. The first-order valence-electron chi connectivity index (χ1n) is 4.51. The van der Waals surface area contributed by atoms with Gasteiger partial charge in [0.25, 0.3) is 5.91 Å². The highest BCUT2D eigenvalue weighted by Crippen LogP contribution is 2.10. The highest BCUT2D eigenvalue weighted by atomic mass is 19.1. The summed E-state index contributed by atoms with van der Waals surface area (Å²) in [5, 5.41) is 11.4. The van der Waals surface area contributed by atoms with Crippen LogP contribution >= 0.6 is 0 Å². The van der Waals surface area contributed by atoms with E-state index in [0.717, 1.165) is 12.1 Å². The summed E-state index contributed by atoms with van der Waals surface area (Å²) >= 11 is 0. The summed E-state index contributed by atoms with van der Waals surface area (Å²) in [4.78, 5) is 11.4. The first-order valence-corrected chi connectivity index (χ1v) is 4.51. The van der Waals surface area contributed by atoms with Crippen LogP contribution in [0.15, 0.2) is 18.2 Å². The first-order chi connectivity index (χ1) is 6.99. The Morgan fingerprint density at radius 1 is 1.60 bits per heavy atom. The van der Waals surface area contributed by atoms with Crippen molar-refractivity contribution in [2.75, 3.05) is 12.3 Å². The summed E-state index contributed by atoms with van der Waals surface area (Å²) in [6.45, 7) is 1.66. The Morgan fingerprint density at radius 3 is 2.80 bits per heavy atom. The van der Waals surface area contributed by atoms with Crippen LogP contribution in [0, 0.1) is 5.82 Å². The average molecular weight is 212 g/mol. The molecule has 0 aromatic heterocycles. The van der Waals surface area contributed by atoms with Gasteiger partial charge in [0.15, 0.2) is 0 Å². The van der Waals surface area contributed by atoms with E-state index in [4.69, 9.17) is 10.8 Å².